The summed E-state index contributed by atoms with van der Waals surface area (Å²) in [5.41, 5.74) is 6.24. The lowest BCUT2D eigenvalue weighted by molar-refractivity contribution is -0.125. The van der Waals surface area contributed by atoms with Gasteiger partial charge in [0.05, 0.1) is 23.8 Å². The molecule has 0 radical (unpaired) electrons. The summed E-state index contributed by atoms with van der Waals surface area (Å²) < 4.78 is 27.3. The molecule has 4 aromatic rings. The third-order valence-electron chi connectivity index (χ3n) is 9.16. The van der Waals surface area contributed by atoms with E-state index in [2.05, 4.69) is 22.9 Å². The zero-order valence-electron chi connectivity index (χ0n) is 34.5. The van der Waals surface area contributed by atoms with E-state index < -0.39 is 52.3 Å². The molecule has 324 valence electrons. The van der Waals surface area contributed by atoms with Gasteiger partial charge >= 0.3 is 18.2 Å². The highest BCUT2D eigenvalue weighted by atomic mass is 32.1. The summed E-state index contributed by atoms with van der Waals surface area (Å²) in [4.78, 5) is 76.7. The van der Waals surface area contributed by atoms with Crippen LogP contribution in [0.1, 0.15) is 68.3 Å². The Labute approximate surface area is 351 Å². The van der Waals surface area contributed by atoms with Crippen molar-refractivity contribution in [3.8, 4) is 0 Å². The number of anilines is 2. The van der Waals surface area contributed by atoms with Crippen LogP contribution in [0.15, 0.2) is 64.9 Å². The number of alkyl carbamates (subject to hydrolysis) is 1. The van der Waals surface area contributed by atoms with E-state index in [1.54, 1.807) is 46.7 Å². The molecule has 18 heteroatoms. The van der Waals surface area contributed by atoms with Crippen LogP contribution in [0.4, 0.5) is 25.4 Å². The second-order valence-corrected chi connectivity index (χ2v) is 16.0. The molecule has 1 fully saturated rings. The van der Waals surface area contributed by atoms with Crippen LogP contribution in [0.3, 0.4) is 0 Å². The maximum Gasteiger partial charge on any atom is 0.410 e. The van der Waals surface area contributed by atoms with Crippen molar-refractivity contribution in [3.63, 3.8) is 0 Å². The number of carbonyl (C=O) groups excluding carboxylic acids is 4. The van der Waals surface area contributed by atoms with Gasteiger partial charge in [0.25, 0.3) is 0 Å². The number of aromatic carboxylic acids is 1. The molecule has 16 nitrogen and oxygen atoms in total. The molecule has 2 aromatic carbocycles. The Morgan fingerprint density at radius 1 is 1.00 bits per heavy atom. The van der Waals surface area contributed by atoms with Gasteiger partial charge in [-0.15, -0.1) is 11.3 Å². The Bertz CT molecular complexity index is 2170. The molecule has 0 aliphatic carbocycles. The number of carbonyl (C=O) groups is 5. The van der Waals surface area contributed by atoms with Gasteiger partial charge in [-0.25, -0.2) is 18.8 Å². The summed E-state index contributed by atoms with van der Waals surface area (Å²) in [5, 5.41) is 19.2. The smallest absolute Gasteiger partial charge is 0.410 e. The fourth-order valence-electron chi connectivity index (χ4n) is 6.03. The number of hydrogen-bond acceptors (Lipinski definition) is 11. The molecule has 0 saturated carbocycles. The van der Waals surface area contributed by atoms with Crippen LogP contribution in [-0.4, -0.2) is 95.5 Å². The Balaban J connectivity index is 0.000000575. The van der Waals surface area contributed by atoms with Crippen LogP contribution in [-0.2, 0) is 38.6 Å². The average molecular weight is 852 g/mol. The summed E-state index contributed by atoms with van der Waals surface area (Å²) in [6, 6.07) is 12.4. The number of benzene rings is 2. The molecule has 1 unspecified atom stereocenters. The number of unbranched alkanes of at least 4 members (excludes halogenated alkanes) is 1. The number of carboxylic acids is 1. The summed E-state index contributed by atoms with van der Waals surface area (Å²) in [5.74, 6) is -2.86. The van der Waals surface area contributed by atoms with Crippen LogP contribution in [0.25, 0.3) is 10.9 Å². The standard InChI is InChI=1S/C33H35FN6O7S.C9H19NO2/c1-2-38-18-24(32(44)45)30(42)23-15-25(34)28(16-27(23)38)39-9-11-40(12-10-39)33(46)47-19-20-5-7-21(8-6-20)37-29(41)17-36-31(43)26(35)14-22-4-3-13-48-22;1-5-6-7-10-8(11)12-9(2,3)4/h3-8,13,15-16,18,26H,2,9-12,14,17,19,35H2,1H3,(H,36,43)(H,37,41)(H,44,45);5-7H2,1-4H3,(H,10,11). The van der Waals surface area contributed by atoms with Gasteiger partial charge in [0, 0.05) is 67.8 Å². The van der Waals surface area contributed by atoms with E-state index >= 15 is 4.39 Å². The number of nitrogens with zero attached hydrogens (tertiary/aromatic N) is 3. The van der Waals surface area contributed by atoms with Crippen LogP contribution in [0.2, 0.25) is 0 Å². The number of pyridine rings is 1. The van der Waals surface area contributed by atoms with Crippen LogP contribution >= 0.6 is 11.3 Å². The van der Waals surface area contributed by atoms with Gasteiger partial charge in [-0.3, -0.25) is 14.4 Å². The van der Waals surface area contributed by atoms with Gasteiger partial charge in [-0.1, -0.05) is 31.5 Å². The molecule has 0 spiro atoms. The van der Waals surface area contributed by atoms with E-state index in [9.17, 15) is 33.9 Å². The van der Waals surface area contributed by atoms with Gasteiger partial charge < -0.3 is 50.6 Å². The second kappa shape index (κ2) is 21.8. The van der Waals surface area contributed by atoms with E-state index in [0.717, 1.165) is 23.8 Å². The summed E-state index contributed by atoms with van der Waals surface area (Å²) >= 11 is 1.51. The number of ether oxygens (including phenoxy) is 2. The number of aromatic nitrogens is 1. The summed E-state index contributed by atoms with van der Waals surface area (Å²) in [7, 11) is 0. The van der Waals surface area contributed by atoms with E-state index in [1.807, 2.05) is 38.3 Å². The third-order valence-corrected chi connectivity index (χ3v) is 10.1. The molecule has 2 aromatic heterocycles. The van der Waals surface area contributed by atoms with E-state index in [-0.39, 0.29) is 43.4 Å². The molecule has 60 heavy (non-hydrogen) atoms. The molecule has 5 rings (SSSR count). The Morgan fingerprint density at radius 2 is 1.70 bits per heavy atom. The average Bonchev–Trinajstić information content (AvgIpc) is 3.72. The van der Waals surface area contributed by atoms with Crippen molar-refractivity contribution in [1.29, 1.82) is 0 Å². The van der Waals surface area contributed by atoms with Crippen molar-refractivity contribution in [2.45, 2.75) is 78.7 Å². The molecule has 1 saturated heterocycles. The number of rotatable bonds is 14. The predicted molar refractivity (Wildman–Crippen MR) is 228 cm³/mol. The minimum absolute atomic E-state index is 0.00234. The molecular weight excluding hydrogens is 798 g/mol. The number of amides is 4. The number of aryl methyl sites for hydroxylation is 1. The zero-order valence-corrected chi connectivity index (χ0v) is 35.4. The maximum absolute atomic E-state index is 15.2. The van der Waals surface area contributed by atoms with Crippen molar-refractivity contribution >= 4 is 63.6 Å². The van der Waals surface area contributed by atoms with Gasteiger partial charge in [0.1, 0.15) is 23.6 Å². The van der Waals surface area contributed by atoms with Gasteiger partial charge in [-0.05, 0) is 75.4 Å². The number of piperazine rings is 1. The first-order chi connectivity index (χ1) is 28.5. The Kier molecular flexibility index (Phi) is 17.0. The maximum atomic E-state index is 15.2. The highest BCUT2D eigenvalue weighted by Gasteiger charge is 2.26. The number of nitrogens with two attached hydrogens (primary N) is 1. The first kappa shape index (κ1) is 46.7. The van der Waals surface area contributed by atoms with Crippen molar-refractivity contribution in [2.75, 3.05) is 49.5 Å². The molecule has 0 bridgehead atoms. The third kappa shape index (κ3) is 13.8. The number of thiophene rings is 1. The number of hydrogen-bond donors (Lipinski definition) is 5. The highest BCUT2D eigenvalue weighted by Crippen LogP contribution is 2.27. The highest BCUT2D eigenvalue weighted by molar-refractivity contribution is 7.09. The van der Waals surface area contributed by atoms with Crippen molar-refractivity contribution in [1.82, 2.24) is 20.1 Å². The molecular formula is C42H54FN7O9S. The van der Waals surface area contributed by atoms with Crippen molar-refractivity contribution in [3.05, 3.63) is 92.2 Å². The fraction of sp³-hybridized carbons (Fsp3) is 0.429. The Morgan fingerprint density at radius 3 is 2.30 bits per heavy atom. The van der Waals surface area contributed by atoms with Crippen LogP contribution < -0.4 is 32.0 Å². The first-order valence-corrected chi connectivity index (χ1v) is 20.6. The van der Waals surface area contributed by atoms with E-state index in [1.165, 1.54) is 22.4 Å². The fourth-order valence-corrected chi connectivity index (χ4v) is 6.79. The van der Waals surface area contributed by atoms with Crippen molar-refractivity contribution < 1.29 is 42.9 Å². The molecule has 1 aliphatic rings. The minimum atomic E-state index is -1.37. The van der Waals surface area contributed by atoms with Gasteiger partial charge in [0.2, 0.25) is 17.2 Å². The van der Waals surface area contributed by atoms with Crippen LogP contribution in [0, 0.1) is 5.82 Å². The number of nitrogens with one attached hydrogen (secondary N) is 3. The molecule has 4 amide bonds. The van der Waals surface area contributed by atoms with E-state index in [0.29, 0.717) is 49.4 Å². The lowest BCUT2D eigenvalue weighted by Gasteiger charge is -2.35. The topological polar surface area (TPSA) is 215 Å². The normalized spacial score (nSPS) is 13.1. The largest absolute Gasteiger partial charge is 0.477 e. The summed E-state index contributed by atoms with van der Waals surface area (Å²) in [6.45, 7) is 11.5. The quantitative estimate of drug-likeness (QED) is 0.103. The Hall–Kier alpha value is -6.01. The zero-order chi connectivity index (χ0) is 44.0. The molecule has 3 heterocycles. The van der Waals surface area contributed by atoms with Crippen LogP contribution in [0.5, 0.6) is 0 Å². The first-order valence-electron chi connectivity index (χ1n) is 19.7. The molecule has 6 N–H and O–H groups in total. The van der Waals surface area contributed by atoms with Gasteiger partial charge in [0.15, 0.2) is 0 Å². The van der Waals surface area contributed by atoms with Crippen molar-refractivity contribution in [2.24, 2.45) is 5.73 Å². The minimum Gasteiger partial charge on any atom is -0.477 e. The second-order valence-electron chi connectivity index (χ2n) is 14.9. The number of carboxylic acid groups (broad SMARTS) is 1. The summed E-state index contributed by atoms with van der Waals surface area (Å²) in [6.07, 6.45) is 2.88. The predicted octanol–water partition coefficient (Wildman–Crippen LogP) is 5.31. The van der Waals surface area contributed by atoms with Gasteiger partial charge in [-0.2, -0.15) is 0 Å². The monoisotopic (exact) mass is 851 g/mol. The number of fused-ring (bicyclic) bond motifs is 1. The lowest BCUT2D eigenvalue weighted by atomic mass is 10.1. The SMILES string of the molecule is CCCCNC(=O)OC(C)(C)C.CCn1cc(C(=O)O)c(=O)c2cc(F)c(N3CCN(C(=O)OCc4ccc(NC(=O)CNC(=O)C(N)Cc5cccs5)cc4)CC3)cc21. The number of halogens is 1. The van der Waals surface area contributed by atoms with E-state index in [4.69, 9.17) is 15.2 Å². The molecule has 1 aliphatic heterocycles. The molecule has 1 atom stereocenters. The lowest BCUT2D eigenvalue weighted by Crippen LogP contribution is -2.49.